The van der Waals surface area contributed by atoms with E-state index in [1.807, 2.05) is 0 Å². The van der Waals surface area contributed by atoms with Gasteiger partial charge in [0.25, 0.3) is 0 Å². The third kappa shape index (κ3) is 17.9. The molecule has 0 atom stereocenters. The predicted molar refractivity (Wildman–Crippen MR) is 97.8 cm³/mol. The van der Waals surface area contributed by atoms with Crippen LogP contribution in [0, 0.1) is 0 Å². The second-order valence-electron chi connectivity index (χ2n) is 7.57. The molecule has 0 aliphatic heterocycles. The molecule has 0 saturated heterocycles. The molecule has 0 radical (unpaired) electrons. The smallest absolute Gasteiger partial charge is 0.0782 e. The van der Waals surface area contributed by atoms with Crippen molar-refractivity contribution in [1.82, 2.24) is 0 Å². The normalized spacial score (nSPS) is 11.5. The molecule has 2 heteroatoms. The number of hydrogen-bond acceptors (Lipinski definition) is 0. The molecule has 22 heavy (non-hydrogen) atoms. The van der Waals surface area contributed by atoms with Crippen molar-refractivity contribution >= 4 is 0 Å². The van der Waals surface area contributed by atoms with Crippen molar-refractivity contribution in [2.45, 2.75) is 104 Å². The maximum Gasteiger partial charge on any atom is 0.0782 e. The van der Waals surface area contributed by atoms with Gasteiger partial charge in [-0.05, 0) is 19.8 Å². The summed E-state index contributed by atoms with van der Waals surface area (Å²) in [5.41, 5.74) is 0. The van der Waals surface area contributed by atoms with Gasteiger partial charge in [-0.3, -0.25) is 0 Å². The van der Waals surface area contributed by atoms with Crippen LogP contribution in [0.4, 0.5) is 0 Å². The average molecular weight is 318 g/mol. The van der Waals surface area contributed by atoms with Crippen LogP contribution in [0.3, 0.4) is 0 Å². The van der Waals surface area contributed by atoms with Gasteiger partial charge in [-0.25, -0.2) is 0 Å². The summed E-state index contributed by atoms with van der Waals surface area (Å²) < 4.78 is 1.19. The van der Waals surface area contributed by atoms with E-state index in [2.05, 4.69) is 27.9 Å². The van der Waals surface area contributed by atoms with Crippen LogP contribution < -0.4 is 4.70 Å². The second-order valence-corrected chi connectivity index (χ2v) is 7.57. The summed E-state index contributed by atoms with van der Waals surface area (Å²) in [6.45, 7) is 7.21. The van der Waals surface area contributed by atoms with Crippen LogP contribution in [0.15, 0.2) is 0 Å². The first-order valence-electron chi connectivity index (χ1n) is 9.94. The highest BCUT2D eigenvalue weighted by molar-refractivity contribution is 4.49. The molecule has 1 nitrogen and oxygen atoms in total. The number of quaternary nitrogens is 1. The molecule has 0 bridgehead atoms. The Kier molecular flexibility index (Phi) is 18.9. The number of rotatable bonds is 16. The summed E-state index contributed by atoms with van der Waals surface area (Å²) >= 11 is 0. The van der Waals surface area contributed by atoms with Gasteiger partial charge in [0.1, 0.15) is 0 Å². The lowest BCUT2D eigenvalue weighted by atomic mass is 10.0. The summed E-state index contributed by atoms with van der Waals surface area (Å²) in [7, 11) is 4.70. The standard InChI is InChI=1S/C20H44N.FH/c1-5-7-8-9-10-11-12-13-14-15-16-17-18-19-20-21(3,4)6-2;/h5-20H2,1-4H3;1H/q+1;/p-1. The number of hydrogen-bond donors (Lipinski definition) is 0. The van der Waals surface area contributed by atoms with Crippen LogP contribution in [-0.2, 0) is 0 Å². The Morgan fingerprint density at radius 3 is 1.14 bits per heavy atom. The van der Waals surface area contributed by atoms with E-state index >= 15 is 0 Å². The molecular formula is C20H44FN. The van der Waals surface area contributed by atoms with Crippen LogP contribution in [0.2, 0.25) is 0 Å². The zero-order chi connectivity index (χ0) is 15.8. The summed E-state index contributed by atoms with van der Waals surface area (Å²) in [5, 5.41) is 0. The lowest BCUT2D eigenvalue weighted by molar-refractivity contribution is -0.888. The quantitative estimate of drug-likeness (QED) is 0.302. The Morgan fingerprint density at radius 1 is 0.500 bits per heavy atom. The highest BCUT2D eigenvalue weighted by Crippen LogP contribution is 2.13. The van der Waals surface area contributed by atoms with E-state index in [0.717, 1.165) is 0 Å². The summed E-state index contributed by atoms with van der Waals surface area (Å²) in [5.74, 6) is 0. The maximum absolute atomic E-state index is 2.35. The zero-order valence-corrected chi connectivity index (χ0v) is 16.1. The molecule has 0 aromatic heterocycles. The van der Waals surface area contributed by atoms with Gasteiger partial charge in [0.15, 0.2) is 0 Å². The Morgan fingerprint density at radius 2 is 0.818 bits per heavy atom. The Balaban J connectivity index is 0. The van der Waals surface area contributed by atoms with E-state index in [1.165, 1.54) is 107 Å². The molecule has 136 valence electrons. The van der Waals surface area contributed by atoms with Gasteiger partial charge in [0, 0.05) is 0 Å². The van der Waals surface area contributed by atoms with Crippen LogP contribution in [0.1, 0.15) is 104 Å². The fraction of sp³-hybridized carbons (Fsp3) is 1.00. The highest BCUT2D eigenvalue weighted by atomic mass is 19.0. The summed E-state index contributed by atoms with van der Waals surface area (Å²) in [6, 6.07) is 0. The largest absolute Gasteiger partial charge is 1.00 e. The first-order chi connectivity index (χ1) is 10.1. The van der Waals surface area contributed by atoms with Gasteiger partial charge in [-0.15, -0.1) is 0 Å². The second kappa shape index (κ2) is 17.2. The van der Waals surface area contributed by atoms with Gasteiger partial charge >= 0.3 is 0 Å². The Labute approximate surface area is 140 Å². The fourth-order valence-electron chi connectivity index (χ4n) is 2.89. The van der Waals surface area contributed by atoms with E-state index < -0.39 is 0 Å². The topological polar surface area (TPSA) is 0 Å². The van der Waals surface area contributed by atoms with E-state index in [9.17, 15) is 0 Å². The van der Waals surface area contributed by atoms with Crippen molar-refractivity contribution in [2.75, 3.05) is 27.2 Å². The molecule has 0 aromatic carbocycles. The molecule has 0 spiro atoms. The first kappa shape index (κ1) is 24.1. The molecule has 0 aliphatic carbocycles. The summed E-state index contributed by atoms with van der Waals surface area (Å²) in [6.07, 6.45) is 20.4. The minimum atomic E-state index is 0. The lowest BCUT2D eigenvalue weighted by Crippen LogP contribution is -3.00. The van der Waals surface area contributed by atoms with E-state index in [0.29, 0.717) is 0 Å². The van der Waals surface area contributed by atoms with Crippen molar-refractivity contribution in [3.63, 3.8) is 0 Å². The van der Waals surface area contributed by atoms with Gasteiger partial charge in [-0.1, -0.05) is 84.0 Å². The molecule has 0 aromatic rings. The zero-order valence-electron chi connectivity index (χ0n) is 16.1. The van der Waals surface area contributed by atoms with Gasteiger partial charge in [0.05, 0.1) is 27.2 Å². The monoisotopic (exact) mass is 317 g/mol. The Hall–Kier alpha value is -0.110. The van der Waals surface area contributed by atoms with Crippen LogP contribution in [0.25, 0.3) is 0 Å². The van der Waals surface area contributed by atoms with Crippen molar-refractivity contribution in [2.24, 2.45) is 0 Å². The van der Waals surface area contributed by atoms with Crippen LogP contribution >= 0.6 is 0 Å². The summed E-state index contributed by atoms with van der Waals surface area (Å²) in [4.78, 5) is 0. The van der Waals surface area contributed by atoms with Gasteiger partial charge < -0.3 is 9.19 Å². The molecule has 0 aliphatic rings. The van der Waals surface area contributed by atoms with Crippen molar-refractivity contribution < 1.29 is 9.19 Å². The van der Waals surface area contributed by atoms with Crippen molar-refractivity contribution in [1.29, 1.82) is 0 Å². The molecule has 0 saturated carbocycles. The molecule has 0 N–H and O–H groups in total. The minimum Gasteiger partial charge on any atom is -1.00 e. The van der Waals surface area contributed by atoms with E-state index in [-0.39, 0.29) is 4.70 Å². The maximum atomic E-state index is 2.35. The molecule has 0 amide bonds. The SMILES string of the molecule is CCCCCCCCCCCCCCCC[N+](C)(C)CC.[F-]. The third-order valence-corrected chi connectivity index (χ3v) is 4.97. The predicted octanol–water partition coefficient (Wildman–Crippen LogP) is 3.57. The first-order valence-corrected chi connectivity index (χ1v) is 9.94. The Bertz CT molecular complexity index is 204. The fourth-order valence-corrected chi connectivity index (χ4v) is 2.89. The van der Waals surface area contributed by atoms with E-state index in [1.54, 1.807) is 0 Å². The lowest BCUT2D eigenvalue weighted by Gasteiger charge is -2.28. The van der Waals surface area contributed by atoms with Crippen LogP contribution in [-0.4, -0.2) is 31.7 Å². The van der Waals surface area contributed by atoms with Crippen molar-refractivity contribution in [3.8, 4) is 0 Å². The average Bonchev–Trinajstić information content (AvgIpc) is 2.47. The molecule has 0 heterocycles. The molecular weight excluding hydrogens is 273 g/mol. The molecule has 0 unspecified atom stereocenters. The third-order valence-electron chi connectivity index (χ3n) is 4.97. The molecule has 0 fully saturated rings. The van der Waals surface area contributed by atoms with Crippen LogP contribution in [0.5, 0.6) is 0 Å². The molecule has 0 rings (SSSR count). The highest BCUT2D eigenvalue weighted by Gasteiger charge is 2.09. The number of nitrogens with zero attached hydrogens (tertiary/aromatic N) is 1. The van der Waals surface area contributed by atoms with E-state index in [4.69, 9.17) is 0 Å². The van der Waals surface area contributed by atoms with Gasteiger partial charge in [0.2, 0.25) is 0 Å². The minimum absolute atomic E-state index is 0. The van der Waals surface area contributed by atoms with Crippen molar-refractivity contribution in [3.05, 3.63) is 0 Å². The van der Waals surface area contributed by atoms with Gasteiger partial charge in [-0.2, -0.15) is 0 Å². The number of unbranched alkanes of at least 4 members (excludes halogenated alkanes) is 13. The number of halogens is 1.